The van der Waals surface area contributed by atoms with E-state index >= 15 is 0 Å². The molecule has 7 nitrogen and oxygen atoms in total. The number of carbonyl (C=O) groups excluding carboxylic acids is 1. The van der Waals surface area contributed by atoms with Gasteiger partial charge < -0.3 is 10.1 Å². The maximum Gasteiger partial charge on any atom is 0.255 e. The van der Waals surface area contributed by atoms with Crippen molar-refractivity contribution >= 4 is 34.2 Å². The molecule has 4 rings (SSSR count). The zero-order valence-corrected chi connectivity index (χ0v) is 19.4. The highest BCUT2D eigenvalue weighted by molar-refractivity contribution is 14.1. The van der Waals surface area contributed by atoms with Crippen LogP contribution in [0.5, 0.6) is 11.6 Å². The molecule has 31 heavy (non-hydrogen) atoms. The zero-order chi connectivity index (χ0) is 22.0. The molecule has 1 amide bonds. The van der Waals surface area contributed by atoms with E-state index in [0.29, 0.717) is 28.7 Å². The van der Waals surface area contributed by atoms with Crippen molar-refractivity contribution in [2.45, 2.75) is 20.8 Å². The average molecular weight is 525 g/mol. The molecular weight excluding hydrogens is 505 g/mol. The van der Waals surface area contributed by atoms with Gasteiger partial charge in [0, 0.05) is 26.6 Å². The Labute approximate surface area is 193 Å². The lowest BCUT2D eigenvalue weighted by atomic mass is 10.2. The van der Waals surface area contributed by atoms with Gasteiger partial charge in [0.2, 0.25) is 5.88 Å². The third kappa shape index (κ3) is 4.74. The van der Waals surface area contributed by atoms with E-state index in [1.165, 1.54) is 0 Å². The van der Waals surface area contributed by atoms with E-state index in [9.17, 15) is 4.79 Å². The highest BCUT2D eigenvalue weighted by Gasteiger charge is 2.11. The molecule has 156 valence electrons. The standard InChI is InChI=1S/C23H20IN5O2/c1-14-15(2)28-29(16(14)3)21-11-12-22(27-26-21)31-20-9-7-19(8-10-20)25-23(30)17-5-4-6-18(24)13-17/h4-13H,1-3H3,(H,25,30). The minimum atomic E-state index is -0.159. The van der Waals surface area contributed by atoms with E-state index in [1.807, 2.05) is 45.0 Å². The SMILES string of the molecule is Cc1nn(-c2ccc(Oc3ccc(NC(=O)c4cccc(I)c4)cc3)nn2)c(C)c1C. The highest BCUT2D eigenvalue weighted by atomic mass is 127. The Morgan fingerprint density at radius 1 is 1.00 bits per heavy atom. The molecule has 0 spiro atoms. The third-order valence-corrected chi connectivity index (χ3v) is 5.59. The van der Waals surface area contributed by atoms with Crippen molar-refractivity contribution in [2.24, 2.45) is 0 Å². The first-order valence-electron chi connectivity index (χ1n) is 9.62. The van der Waals surface area contributed by atoms with Crippen LogP contribution in [0.3, 0.4) is 0 Å². The summed E-state index contributed by atoms with van der Waals surface area (Å²) in [5.41, 5.74) is 4.42. The number of hydrogen-bond donors (Lipinski definition) is 1. The van der Waals surface area contributed by atoms with Gasteiger partial charge in [-0.2, -0.15) is 5.10 Å². The van der Waals surface area contributed by atoms with Gasteiger partial charge in [-0.1, -0.05) is 6.07 Å². The average Bonchev–Trinajstić information content (AvgIpc) is 3.03. The smallest absolute Gasteiger partial charge is 0.255 e. The maximum absolute atomic E-state index is 12.4. The monoisotopic (exact) mass is 525 g/mol. The van der Waals surface area contributed by atoms with Crippen LogP contribution in [0.25, 0.3) is 5.82 Å². The van der Waals surface area contributed by atoms with E-state index in [1.54, 1.807) is 41.1 Å². The van der Waals surface area contributed by atoms with Gasteiger partial charge in [0.25, 0.3) is 5.91 Å². The number of carbonyl (C=O) groups is 1. The number of halogens is 1. The molecule has 0 radical (unpaired) electrons. The van der Waals surface area contributed by atoms with Crippen LogP contribution in [0.2, 0.25) is 0 Å². The largest absolute Gasteiger partial charge is 0.438 e. The normalized spacial score (nSPS) is 10.7. The molecule has 4 aromatic rings. The van der Waals surface area contributed by atoms with E-state index in [2.05, 4.69) is 43.2 Å². The molecule has 0 aliphatic heterocycles. The molecule has 2 heterocycles. The molecule has 0 aliphatic carbocycles. The van der Waals surface area contributed by atoms with Crippen LogP contribution >= 0.6 is 22.6 Å². The molecule has 0 saturated carbocycles. The van der Waals surface area contributed by atoms with Gasteiger partial charge in [-0.25, -0.2) is 4.68 Å². The maximum atomic E-state index is 12.4. The predicted molar refractivity (Wildman–Crippen MR) is 127 cm³/mol. The number of amides is 1. The van der Waals surface area contributed by atoms with Crippen LogP contribution in [-0.2, 0) is 0 Å². The van der Waals surface area contributed by atoms with Crippen molar-refractivity contribution in [2.75, 3.05) is 5.32 Å². The minimum Gasteiger partial charge on any atom is -0.438 e. The van der Waals surface area contributed by atoms with Crippen molar-refractivity contribution in [1.29, 1.82) is 0 Å². The third-order valence-electron chi connectivity index (χ3n) is 4.92. The number of nitrogens with one attached hydrogen (secondary N) is 1. The zero-order valence-electron chi connectivity index (χ0n) is 17.3. The topological polar surface area (TPSA) is 81.9 Å². The molecule has 8 heteroatoms. The number of hydrogen-bond acceptors (Lipinski definition) is 5. The number of benzene rings is 2. The Kier molecular flexibility index (Phi) is 5.99. The van der Waals surface area contributed by atoms with Crippen LogP contribution in [0.4, 0.5) is 5.69 Å². The van der Waals surface area contributed by atoms with Crippen molar-refractivity contribution in [3.8, 4) is 17.4 Å². The number of nitrogens with zero attached hydrogens (tertiary/aromatic N) is 4. The molecule has 0 bridgehead atoms. The van der Waals surface area contributed by atoms with Crippen molar-refractivity contribution in [1.82, 2.24) is 20.0 Å². The molecule has 2 aromatic heterocycles. The fraction of sp³-hybridized carbons (Fsp3) is 0.130. The predicted octanol–water partition coefficient (Wildman–Crippen LogP) is 5.24. The number of aromatic nitrogens is 4. The van der Waals surface area contributed by atoms with Crippen LogP contribution in [0.15, 0.2) is 60.7 Å². The Hall–Kier alpha value is -3.27. The van der Waals surface area contributed by atoms with Gasteiger partial charge in [-0.05, 0) is 97.5 Å². The highest BCUT2D eigenvalue weighted by Crippen LogP contribution is 2.23. The van der Waals surface area contributed by atoms with Crippen LogP contribution in [0.1, 0.15) is 27.3 Å². The Morgan fingerprint density at radius 3 is 2.39 bits per heavy atom. The number of ether oxygens (including phenoxy) is 1. The van der Waals surface area contributed by atoms with Gasteiger partial charge in [-0.3, -0.25) is 4.79 Å². The molecule has 0 unspecified atom stereocenters. The summed E-state index contributed by atoms with van der Waals surface area (Å²) in [6, 6.07) is 18.1. The molecule has 0 aliphatic rings. The van der Waals surface area contributed by atoms with Gasteiger partial charge in [0.05, 0.1) is 5.69 Å². The Balaban J connectivity index is 1.42. The number of anilines is 1. The lowest BCUT2D eigenvalue weighted by Gasteiger charge is -2.08. The fourth-order valence-electron chi connectivity index (χ4n) is 2.98. The lowest BCUT2D eigenvalue weighted by molar-refractivity contribution is 0.102. The van der Waals surface area contributed by atoms with Gasteiger partial charge >= 0.3 is 0 Å². The van der Waals surface area contributed by atoms with Crippen LogP contribution in [-0.4, -0.2) is 25.9 Å². The summed E-state index contributed by atoms with van der Waals surface area (Å²) in [5, 5.41) is 15.7. The van der Waals surface area contributed by atoms with Gasteiger partial charge in [0.1, 0.15) is 5.75 Å². The summed E-state index contributed by atoms with van der Waals surface area (Å²) in [6.07, 6.45) is 0. The van der Waals surface area contributed by atoms with E-state index < -0.39 is 0 Å². The molecule has 0 fully saturated rings. The second-order valence-corrected chi connectivity index (χ2v) is 8.27. The summed E-state index contributed by atoms with van der Waals surface area (Å²) >= 11 is 2.18. The summed E-state index contributed by atoms with van der Waals surface area (Å²) < 4.78 is 8.55. The summed E-state index contributed by atoms with van der Waals surface area (Å²) in [7, 11) is 0. The summed E-state index contributed by atoms with van der Waals surface area (Å²) in [4.78, 5) is 12.4. The van der Waals surface area contributed by atoms with Crippen molar-refractivity contribution < 1.29 is 9.53 Å². The van der Waals surface area contributed by atoms with Gasteiger partial charge in [-0.15, -0.1) is 10.2 Å². The fourth-order valence-corrected chi connectivity index (χ4v) is 3.53. The van der Waals surface area contributed by atoms with Crippen LogP contribution in [0, 0.1) is 24.3 Å². The molecule has 0 saturated heterocycles. The Bertz CT molecular complexity index is 1230. The minimum absolute atomic E-state index is 0.159. The summed E-state index contributed by atoms with van der Waals surface area (Å²) in [5.74, 6) is 1.44. The van der Waals surface area contributed by atoms with Crippen molar-refractivity contribution in [3.05, 3.63) is 86.7 Å². The second kappa shape index (κ2) is 8.84. The molecular formula is C23H20IN5O2. The van der Waals surface area contributed by atoms with E-state index in [-0.39, 0.29) is 5.91 Å². The molecule has 1 N–H and O–H groups in total. The van der Waals surface area contributed by atoms with Gasteiger partial charge in [0.15, 0.2) is 5.82 Å². The first-order valence-corrected chi connectivity index (χ1v) is 10.7. The first kappa shape index (κ1) is 21.0. The number of aryl methyl sites for hydroxylation is 1. The Morgan fingerprint density at radius 2 is 1.77 bits per heavy atom. The first-order chi connectivity index (χ1) is 14.9. The van der Waals surface area contributed by atoms with Crippen LogP contribution < -0.4 is 10.1 Å². The summed E-state index contributed by atoms with van der Waals surface area (Å²) in [6.45, 7) is 6.00. The molecule has 0 atom stereocenters. The van der Waals surface area contributed by atoms with E-state index in [4.69, 9.17) is 4.74 Å². The second-order valence-electron chi connectivity index (χ2n) is 7.03. The van der Waals surface area contributed by atoms with Crippen molar-refractivity contribution in [3.63, 3.8) is 0 Å². The van der Waals surface area contributed by atoms with E-state index in [0.717, 1.165) is 20.5 Å². The lowest BCUT2D eigenvalue weighted by Crippen LogP contribution is -2.11. The molecule has 2 aromatic carbocycles. The number of rotatable bonds is 5. The quantitative estimate of drug-likeness (QED) is 0.361.